The number of hydrogen-bond acceptors (Lipinski definition) is 3. The quantitative estimate of drug-likeness (QED) is 0.619. The SMILES string of the molecule is Cc1cccc(NC(=O)Nc2ccc(Oc3ccccc3)c(O)c2)c1. The van der Waals surface area contributed by atoms with Crippen LogP contribution in [0.1, 0.15) is 5.56 Å². The van der Waals surface area contributed by atoms with Crippen LogP contribution in [0.5, 0.6) is 17.2 Å². The number of amides is 2. The number of aryl methyl sites for hydroxylation is 1. The average Bonchev–Trinajstić information content (AvgIpc) is 2.58. The second kappa shape index (κ2) is 7.40. The van der Waals surface area contributed by atoms with E-state index in [1.165, 1.54) is 6.07 Å². The molecular formula is C20H18N2O3. The Morgan fingerprint density at radius 2 is 1.60 bits per heavy atom. The first-order valence-corrected chi connectivity index (χ1v) is 7.81. The highest BCUT2D eigenvalue weighted by Crippen LogP contribution is 2.32. The third-order valence-electron chi connectivity index (χ3n) is 3.46. The molecule has 0 atom stereocenters. The smallest absolute Gasteiger partial charge is 0.323 e. The van der Waals surface area contributed by atoms with E-state index in [4.69, 9.17) is 4.74 Å². The van der Waals surface area contributed by atoms with E-state index in [-0.39, 0.29) is 11.8 Å². The van der Waals surface area contributed by atoms with Gasteiger partial charge in [0.2, 0.25) is 0 Å². The lowest BCUT2D eigenvalue weighted by Gasteiger charge is -2.11. The Morgan fingerprint density at radius 1 is 0.880 bits per heavy atom. The van der Waals surface area contributed by atoms with Crippen molar-refractivity contribution < 1.29 is 14.6 Å². The summed E-state index contributed by atoms with van der Waals surface area (Å²) in [6, 6.07) is 21.0. The zero-order valence-electron chi connectivity index (χ0n) is 13.7. The Morgan fingerprint density at radius 3 is 2.28 bits per heavy atom. The number of carbonyl (C=O) groups is 1. The summed E-state index contributed by atoms with van der Waals surface area (Å²) in [5.74, 6) is 0.878. The molecule has 3 N–H and O–H groups in total. The summed E-state index contributed by atoms with van der Waals surface area (Å²) in [5, 5.41) is 15.5. The molecule has 0 aromatic heterocycles. The topological polar surface area (TPSA) is 70.6 Å². The van der Waals surface area contributed by atoms with Crippen molar-refractivity contribution in [3.05, 3.63) is 78.4 Å². The minimum absolute atomic E-state index is 0.0581. The van der Waals surface area contributed by atoms with E-state index in [1.54, 1.807) is 30.3 Å². The summed E-state index contributed by atoms with van der Waals surface area (Å²) >= 11 is 0. The number of phenols is 1. The third kappa shape index (κ3) is 4.51. The summed E-state index contributed by atoms with van der Waals surface area (Å²) in [6.45, 7) is 1.95. The van der Waals surface area contributed by atoms with Crippen molar-refractivity contribution in [1.29, 1.82) is 0 Å². The number of nitrogens with one attached hydrogen (secondary N) is 2. The lowest BCUT2D eigenvalue weighted by atomic mass is 10.2. The van der Waals surface area contributed by atoms with E-state index in [0.29, 0.717) is 22.9 Å². The van der Waals surface area contributed by atoms with Gasteiger partial charge in [-0.3, -0.25) is 0 Å². The molecule has 5 nitrogen and oxygen atoms in total. The molecule has 0 bridgehead atoms. The van der Waals surface area contributed by atoms with Crippen molar-refractivity contribution in [2.75, 3.05) is 10.6 Å². The highest BCUT2D eigenvalue weighted by Gasteiger charge is 2.08. The number of anilines is 2. The first-order chi connectivity index (χ1) is 12.1. The van der Waals surface area contributed by atoms with Crippen LogP contribution in [0.2, 0.25) is 0 Å². The van der Waals surface area contributed by atoms with Crippen LogP contribution < -0.4 is 15.4 Å². The fraction of sp³-hybridized carbons (Fsp3) is 0.0500. The Kier molecular flexibility index (Phi) is 4.85. The Balaban J connectivity index is 1.65. The number of phenolic OH excluding ortho intramolecular Hbond substituents is 1. The molecule has 0 saturated heterocycles. The van der Waals surface area contributed by atoms with E-state index >= 15 is 0 Å². The molecule has 2 amide bonds. The monoisotopic (exact) mass is 334 g/mol. The van der Waals surface area contributed by atoms with E-state index in [0.717, 1.165) is 5.56 Å². The highest BCUT2D eigenvalue weighted by atomic mass is 16.5. The first-order valence-electron chi connectivity index (χ1n) is 7.81. The molecule has 25 heavy (non-hydrogen) atoms. The number of ether oxygens (including phenoxy) is 1. The van der Waals surface area contributed by atoms with Crippen LogP contribution in [-0.4, -0.2) is 11.1 Å². The number of para-hydroxylation sites is 1. The number of hydrogen-bond donors (Lipinski definition) is 3. The number of aromatic hydroxyl groups is 1. The second-order valence-corrected chi connectivity index (χ2v) is 5.55. The summed E-state index contributed by atoms with van der Waals surface area (Å²) in [5.41, 5.74) is 2.21. The van der Waals surface area contributed by atoms with Crippen molar-refractivity contribution >= 4 is 17.4 Å². The molecule has 0 fully saturated rings. The molecule has 0 aliphatic heterocycles. The molecule has 0 unspecified atom stereocenters. The number of urea groups is 1. The lowest BCUT2D eigenvalue weighted by molar-refractivity contribution is 0.262. The Bertz CT molecular complexity index is 879. The molecule has 5 heteroatoms. The van der Waals surface area contributed by atoms with Crippen LogP contribution in [0, 0.1) is 6.92 Å². The number of rotatable bonds is 4. The van der Waals surface area contributed by atoms with Crippen LogP contribution in [0.3, 0.4) is 0 Å². The zero-order chi connectivity index (χ0) is 17.6. The van der Waals surface area contributed by atoms with Crippen molar-refractivity contribution in [1.82, 2.24) is 0 Å². The van der Waals surface area contributed by atoms with Gasteiger partial charge in [0.25, 0.3) is 0 Å². The maximum absolute atomic E-state index is 12.0. The van der Waals surface area contributed by atoms with E-state index in [2.05, 4.69) is 10.6 Å². The predicted molar refractivity (Wildman–Crippen MR) is 98.4 cm³/mol. The van der Waals surface area contributed by atoms with Gasteiger partial charge in [0.05, 0.1) is 0 Å². The van der Waals surface area contributed by atoms with Crippen LogP contribution in [0.4, 0.5) is 16.2 Å². The minimum atomic E-state index is -0.387. The van der Waals surface area contributed by atoms with Crippen LogP contribution in [-0.2, 0) is 0 Å². The molecule has 0 radical (unpaired) electrons. The van der Waals surface area contributed by atoms with E-state index in [1.807, 2.05) is 43.3 Å². The van der Waals surface area contributed by atoms with E-state index in [9.17, 15) is 9.90 Å². The van der Waals surface area contributed by atoms with Gasteiger partial charge in [-0.05, 0) is 48.9 Å². The van der Waals surface area contributed by atoms with Crippen molar-refractivity contribution in [3.63, 3.8) is 0 Å². The molecule has 0 spiro atoms. The van der Waals surface area contributed by atoms with Crippen molar-refractivity contribution in [3.8, 4) is 17.2 Å². The van der Waals surface area contributed by atoms with Crippen LogP contribution >= 0.6 is 0 Å². The number of benzene rings is 3. The first kappa shape index (κ1) is 16.4. The molecule has 3 aromatic carbocycles. The fourth-order valence-electron chi connectivity index (χ4n) is 2.31. The van der Waals surface area contributed by atoms with Gasteiger partial charge in [0.1, 0.15) is 5.75 Å². The average molecular weight is 334 g/mol. The molecule has 0 heterocycles. The van der Waals surface area contributed by atoms with Gasteiger partial charge in [0.15, 0.2) is 11.5 Å². The summed E-state index contributed by atoms with van der Waals surface area (Å²) < 4.78 is 5.60. The Labute approximate surface area is 145 Å². The van der Waals surface area contributed by atoms with Gasteiger partial charge in [-0.25, -0.2) is 4.79 Å². The Hall–Kier alpha value is -3.47. The predicted octanol–water partition coefficient (Wildman–Crippen LogP) is 5.14. The maximum atomic E-state index is 12.0. The highest BCUT2D eigenvalue weighted by molar-refractivity contribution is 5.99. The summed E-state index contributed by atoms with van der Waals surface area (Å²) in [7, 11) is 0. The van der Waals surface area contributed by atoms with Gasteiger partial charge >= 0.3 is 6.03 Å². The van der Waals surface area contributed by atoms with Crippen molar-refractivity contribution in [2.45, 2.75) is 6.92 Å². The van der Waals surface area contributed by atoms with E-state index < -0.39 is 0 Å². The van der Waals surface area contributed by atoms with Gasteiger partial charge in [-0.2, -0.15) is 0 Å². The molecule has 126 valence electrons. The van der Waals surface area contributed by atoms with Crippen molar-refractivity contribution in [2.24, 2.45) is 0 Å². The van der Waals surface area contributed by atoms with Crippen LogP contribution in [0.15, 0.2) is 72.8 Å². The summed E-state index contributed by atoms with van der Waals surface area (Å²) in [4.78, 5) is 12.0. The molecule has 3 aromatic rings. The number of carbonyl (C=O) groups excluding carboxylic acids is 1. The molecule has 3 rings (SSSR count). The second-order valence-electron chi connectivity index (χ2n) is 5.55. The molecule has 0 aliphatic carbocycles. The van der Waals surface area contributed by atoms with Gasteiger partial charge < -0.3 is 20.5 Å². The fourth-order valence-corrected chi connectivity index (χ4v) is 2.31. The lowest BCUT2D eigenvalue weighted by Crippen LogP contribution is -2.19. The molecule has 0 aliphatic rings. The summed E-state index contributed by atoms with van der Waals surface area (Å²) in [6.07, 6.45) is 0. The largest absolute Gasteiger partial charge is 0.504 e. The molecular weight excluding hydrogens is 316 g/mol. The van der Waals surface area contributed by atoms with Crippen LogP contribution in [0.25, 0.3) is 0 Å². The normalized spacial score (nSPS) is 10.1. The maximum Gasteiger partial charge on any atom is 0.323 e. The molecule has 0 saturated carbocycles. The van der Waals surface area contributed by atoms with Gasteiger partial charge in [0, 0.05) is 17.4 Å². The van der Waals surface area contributed by atoms with Gasteiger partial charge in [-0.15, -0.1) is 0 Å². The zero-order valence-corrected chi connectivity index (χ0v) is 13.7. The third-order valence-corrected chi connectivity index (χ3v) is 3.46. The minimum Gasteiger partial charge on any atom is -0.504 e. The standard InChI is InChI=1S/C20H18N2O3/c1-14-6-5-7-15(12-14)21-20(24)22-16-10-11-19(18(23)13-16)25-17-8-3-2-4-9-17/h2-13,23H,1H3,(H2,21,22,24). The van der Waals surface area contributed by atoms with Gasteiger partial charge in [-0.1, -0.05) is 30.3 Å².